The molecule has 1 aromatic carbocycles. The third-order valence-electron chi connectivity index (χ3n) is 6.94. The number of nitrogens with one attached hydrogen (secondary N) is 2. The van der Waals surface area contributed by atoms with Crippen LogP contribution in [0.15, 0.2) is 24.3 Å². The Bertz CT molecular complexity index is 937. The van der Waals surface area contributed by atoms with Crippen LogP contribution < -0.4 is 10.8 Å². The number of rotatable bonds is 4. The van der Waals surface area contributed by atoms with Gasteiger partial charge in [0.05, 0.1) is 24.6 Å². The second kappa shape index (κ2) is 8.43. The van der Waals surface area contributed by atoms with E-state index >= 15 is 0 Å². The Balaban J connectivity index is 1.45. The van der Waals surface area contributed by atoms with E-state index in [2.05, 4.69) is 5.32 Å². The fraction of sp³-hybridized carbons (Fsp3) is 0.522. The van der Waals surface area contributed by atoms with E-state index < -0.39 is 17.9 Å². The molecule has 2 heterocycles. The molecule has 2 atom stereocenters. The lowest BCUT2D eigenvalue weighted by Gasteiger charge is -2.38. The first kappa shape index (κ1) is 21.5. The van der Waals surface area contributed by atoms with E-state index in [1.807, 2.05) is 25.1 Å². The predicted octanol–water partition coefficient (Wildman–Crippen LogP) is 1.66. The number of benzene rings is 1. The van der Waals surface area contributed by atoms with Gasteiger partial charge < -0.3 is 15.0 Å². The molecule has 2 unspecified atom stereocenters. The largest absolute Gasteiger partial charge is 0.465 e. The summed E-state index contributed by atoms with van der Waals surface area (Å²) in [5.41, 5.74) is 5.55. The first-order valence-corrected chi connectivity index (χ1v) is 10.7. The van der Waals surface area contributed by atoms with Crippen molar-refractivity contribution in [3.05, 3.63) is 41.0 Å². The number of piperidine rings is 1. The van der Waals surface area contributed by atoms with E-state index in [4.69, 9.17) is 9.94 Å². The second-order valence-corrected chi connectivity index (χ2v) is 8.93. The normalized spacial score (nSPS) is 24.4. The molecule has 8 heteroatoms. The molecule has 1 aromatic rings. The summed E-state index contributed by atoms with van der Waals surface area (Å²) in [5, 5.41) is 12.4. The van der Waals surface area contributed by atoms with Crippen LogP contribution in [-0.2, 0) is 14.3 Å². The zero-order valence-corrected chi connectivity index (χ0v) is 17.9. The minimum absolute atomic E-state index is 0.0999. The van der Waals surface area contributed by atoms with Crippen LogP contribution >= 0.6 is 0 Å². The summed E-state index contributed by atoms with van der Waals surface area (Å²) in [6.45, 7) is 3.71. The van der Waals surface area contributed by atoms with Crippen molar-refractivity contribution in [2.45, 2.75) is 38.6 Å². The van der Waals surface area contributed by atoms with Gasteiger partial charge in [-0.15, -0.1) is 0 Å². The van der Waals surface area contributed by atoms with Crippen molar-refractivity contribution in [1.82, 2.24) is 15.7 Å². The Hall–Kier alpha value is -2.71. The predicted molar refractivity (Wildman–Crippen MR) is 113 cm³/mol. The van der Waals surface area contributed by atoms with Gasteiger partial charge in [0.1, 0.15) is 0 Å². The third kappa shape index (κ3) is 4.22. The Morgan fingerprint density at radius 3 is 2.65 bits per heavy atom. The van der Waals surface area contributed by atoms with Gasteiger partial charge in [0, 0.05) is 19.6 Å². The molecule has 0 radical (unpaired) electrons. The van der Waals surface area contributed by atoms with Crippen LogP contribution in [0, 0.1) is 18.3 Å². The topological polar surface area (TPSA) is 108 Å². The van der Waals surface area contributed by atoms with Crippen LogP contribution in [0.25, 0.3) is 5.57 Å². The van der Waals surface area contributed by atoms with Gasteiger partial charge in [-0.2, -0.15) is 0 Å². The maximum absolute atomic E-state index is 13.2. The number of carbonyl (C=O) groups excluding carboxylic acids is 3. The van der Waals surface area contributed by atoms with Crippen molar-refractivity contribution in [2.24, 2.45) is 11.3 Å². The molecule has 2 aliphatic heterocycles. The highest BCUT2D eigenvalue weighted by atomic mass is 16.5. The zero-order chi connectivity index (χ0) is 22.2. The molecule has 4 rings (SSSR count). The van der Waals surface area contributed by atoms with Gasteiger partial charge in [0.2, 0.25) is 11.8 Å². The molecular weight excluding hydrogens is 398 g/mol. The maximum atomic E-state index is 13.2. The van der Waals surface area contributed by atoms with Gasteiger partial charge in [0.25, 0.3) is 0 Å². The van der Waals surface area contributed by atoms with Gasteiger partial charge in [-0.1, -0.05) is 12.1 Å². The number of esters is 1. The van der Waals surface area contributed by atoms with Crippen LogP contribution in [-0.4, -0.2) is 60.7 Å². The smallest absolute Gasteiger partial charge is 0.337 e. The van der Waals surface area contributed by atoms with E-state index in [9.17, 15) is 14.4 Å². The lowest BCUT2D eigenvalue weighted by atomic mass is 9.81. The van der Waals surface area contributed by atoms with Crippen LogP contribution in [0.3, 0.4) is 0 Å². The van der Waals surface area contributed by atoms with Crippen LogP contribution in [0.2, 0.25) is 0 Å². The molecule has 166 valence electrons. The number of amides is 2. The molecule has 1 saturated carbocycles. The van der Waals surface area contributed by atoms with Gasteiger partial charge in [0.15, 0.2) is 0 Å². The van der Waals surface area contributed by atoms with Gasteiger partial charge in [-0.3, -0.25) is 14.8 Å². The molecule has 2 amide bonds. The minimum atomic E-state index is -0.616. The summed E-state index contributed by atoms with van der Waals surface area (Å²) in [6, 6.07) is 4.88. The van der Waals surface area contributed by atoms with Crippen LogP contribution in [0.1, 0.15) is 47.2 Å². The molecule has 1 aliphatic carbocycles. The quantitative estimate of drug-likeness (QED) is 0.383. The molecular formula is C23H29N3O5. The molecule has 3 N–H and O–H groups in total. The van der Waals surface area contributed by atoms with E-state index in [-0.39, 0.29) is 17.3 Å². The number of hydrogen-bond donors (Lipinski definition) is 3. The van der Waals surface area contributed by atoms with Crippen molar-refractivity contribution in [3.8, 4) is 0 Å². The van der Waals surface area contributed by atoms with E-state index in [0.717, 1.165) is 36.1 Å². The highest BCUT2D eigenvalue weighted by Crippen LogP contribution is 2.52. The summed E-state index contributed by atoms with van der Waals surface area (Å²) in [4.78, 5) is 38.9. The number of methoxy groups -OCH3 is 1. The molecule has 1 spiro atoms. The Kier molecular flexibility index (Phi) is 5.85. The number of hydroxylamine groups is 1. The molecule has 2 fully saturated rings. The standard InChI is InChI=1S/C23H29N3O5/c1-14-11-16(22(29)31-2)3-4-17(14)15-5-9-26(10-6-15)21(28)19-18(20(27)25-30)12-23(7-8-23)13-24-19/h3-5,11,18-19,24,30H,6-10,12-13H2,1-2H3,(H,25,27). The Morgan fingerprint density at radius 2 is 2.06 bits per heavy atom. The summed E-state index contributed by atoms with van der Waals surface area (Å²) in [5.74, 6) is -1.52. The summed E-state index contributed by atoms with van der Waals surface area (Å²) < 4.78 is 4.78. The highest BCUT2D eigenvalue weighted by molar-refractivity contribution is 5.91. The maximum Gasteiger partial charge on any atom is 0.337 e. The van der Waals surface area contributed by atoms with E-state index in [1.54, 1.807) is 16.4 Å². The molecule has 8 nitrogen and oxygen atoms in total. The average Bonchev–Trinajstić information content (AvgIpc) is 3.56. The van der Waals surface area contributed by atoms with Crippen LogP contribution in [0.4, 0.5) is 0 Å². The minimum Gasteiger partial charge on any atom is -0.465 e. The Labute approximate surface area is 181 Å². The van der Waals surface area contributed by atoms with E-state index in [1.165, 1.54) is 7.11 Å². The summed E-state index contributed by atoms with van der Waals surface area (Å²) in [6.07, 6.45) is 5.47. The Morgan fingerprint density at radius 1 is 1.29 bits per heavy atom. The number of aryl methyl sites for hydroxylation is 1. The molecule has 31 heavy (non-hydrogen) atoms. The summed E-state index contributed by atoms with van der Waals surface area (Å²) >= 11 is 0. The molecule has 1 saturated heterocycles. The van der Waals surface area contributed by atoms with Crippen molar-refractivity contribution >= 4 is 23.4 Å². The average molecular weight is 428 g/mol. The second-order valence-electron chi connectivity index (χ2n) is 8.93. The lowest BCUT2D eigenvalue weighted by Crippen LogP contribution is -2.59. The van der Waals surface area contributed by atoms with Crippen molar-refractivity contribution in [2.75, 3.05) is 26.7 Å². The first-order valence-electron chi connectivity index (χ1n) is 10.7. The van der Waals surface area contributed by atoms with Gasteiger partial charge >= 0.3 is 5.97 Å². The lowest BCUT2D eigenvalue weighted by molar-refractivity contribution is -0.144. The molecule has 0 aromatic heterocycles. The van der Waals surface area contributed by atoms with Gasteiger partial charge in [-0.25, -0.2) is 10.3 Å². The van der Waals surface area contributed by atoms with E-state index in [0.29, 0.717) is 31.5 Å². The molecule has 0 bridgehead atoms. The zero-order valence-electron chi connectivity index (χ0n) is 17.9. The van der Waals surface area contributed by atoms with Crippen molar-refractivity contribution < 1.29 is 24.3 Å². The molecule has 3 aliphatic rings. The highest BCUT2D eigenvalue weighted by Gasteiger charge is 2.52. The number of nitrogens with zero attached hydrogens (tertiary/aromatic N) is 1. The van der Waals surface area contributed by atoms with Crippen molar-refractivity contribution in [1.29, 1.82) is 0 Å². The third-order valence-corrected chi connectivity index (χ3v) is 6.94. The monoisotopic (exact) mass is 427 g/mol. The first-order chi connectivity index (χ1) is 14.9. The fourth-order valence-corrected chi connectivity index (χ4v) is 4.85. The van der Waals surface area contributed by atoms with Crippen molar-refractivity contribution in [3.63, 3.8) is 0 Å². The fourth-order valence-electron chi connectivity index (χ4n) is 4.85. The van der Waals surface area contributed by atoms with Crippen LogP contribution in [0.5, 0.6) is 0 Å². The van der Waals surface area contributed by atoms with Gasteiger partial charge in [-0.05, 0) is 66.9 Å². The summed E-state index contributed by atoms with van der Waals surface area (Å²) in [7, 11) is 1.36. The number of hydrogen-bond acceptors (Lipinski definition) is 6. The number of carbonyl (C=O) groups is 3. The number of ether oxygens (including phenoxy) is 1. The SMILES string of the molecule is COC(=O)c1ccc(C2=CCN(C(=O)C3NCC4(CC4)CC3C(=O)NO)CC2)c(C)c1.